The summed E-state index contributed by atoms with van der Waals surface area (Å²) < 4.78 is 5.41. The van der Waals surface area contributed by atoms with Gasteiger partial charge in [-0.3, -0.25) is 4.90 Å². The first-order valence-electron chi connectivity index (χ1n) is 7.66. The van der Waals surface area contributed by atoms with Gasteiger partial charge in [0.05, 0.1) is 0 Å². The fraction of sp³-hybridized carbons (Fsp3) is 0.867. The van der Waals surface area contributed by atoms with Crippen molar-refractivity contribution in [1.82, 2.24) is 15.0 Å². The number of rotatable bonds is 4. The van der Waals surface area contributed by atoms with E-state index in [1.807, 2.05) is 0 Å². The highest BCUT2D eigenvalue weighted by atomic mass is 16.5. The summed E-state index contributed by atoms with van der Waals surface area (Å²) in [5.74, 6) is 2.75. The third kappa shape index (κ3) is 2.31. The van der Waals surface area contributed by atoms with Crippen LogP contribution in [0.1, 0.15) is 64.6 Å². The van der Waals surface area contributed by atoms with Gasteiger partial charge in [0.2, 0.25) is 5.89 Å². The summed E-state index contributed by atoms with van der Waals surface area (Å²) in [5.41, 5.74) is 0. The van der Waals surface area contributed by atoms with E-state index in [-0.39, 0.29) is 0 Å². The average Bonchev–Trinajstić information content (AvgIpc) is 3.01. The molecule has 3 atom stereocenters. The van der Waals surface area contributed by atoms with E-state index in [1.165, 1.54) is 19.3 Å². The molecule has 2 bridgehead atoms. The maximum absolute atomic E-state index is 5.41. The van der Waals surface area contributed by atoms with Gasteiger partial charge in [0.1, 0.15) is 0 Å². The molecule has 3 unspecified atom stereocenters. The van der Waals surface area contributed by atoms with E-state index in [0.29, 0.717) is 17.9 Å². The Morgan fingerprint density at radius 3 is 2.63 bits per heavy atom. The third-order valence-corrected chi connectivity index (χ3v) is 4.75. The van der Waals surface area contributed by atoms with Gasteiger partial charge in [0.25, 0.3) is 0 Å². The van der Waals surface area contributed by atoms with Crippen molar-refractivity contribution in [2.45, 2.75) is 77.4 Å². The highest BCUT2D eigenvalue weighted by molar-refractivity contribution is 5.04. The minimum Gasteiger partial charge on any atom is -0.339 e. The standard InChI is InChI=1S/C15H25N3O/c1-9(2)15-16-14(19-17-15)8-11-7-12-5-6-13(11)18(12)10(3)4/h9-13H,5-8H2,1-4H3. The van der Waals surface area contributed by atoms with E-state index in [0.717, 1.165) is 30.2 Å². The molecule has 1 aromatic heterocycles. The van der Waals surface area contributed by atoms with Crippen LogP contribution in [0.4, 0.5) is 0 Å². The lowest BCUT2D eigenvalue weighted by Crippen LogP contribution is -2.36. The van der Waals surface area contributed by atoms with Crippen LogP contribution in [0.15, 0.2) is 4.52 Å². The Balaban J connectivity index is 1.68. The average molecular weight is 263 g/mol. The maximum atomic E-state index is 5.41. The second-order valence-corrected chi connectivity index (χ2v) is 6.74. The second-order valence-electron chi connectivity index (χ2n) is 6.74. The van der Waals surface area contributed by atoms with E-state index in [2.05, 4.69) is 42.7 Å². The van der Waals surface area contributed by atoms with Crippen LogP contribution in [-0.4, -0.2) is 33.2 Å². The number of fused-ring (bicyclic) bond motifs is 2. The first kappa shape index (κ1) is 13.1. The Kier molecular flexibility index (Phi) is 3.37. The zero-order valence-corrected chi connectivity index (χ0v) is 12.5. The van der Waals surface area contributed by atoms with Crippen molar-refractivity contribution in [3.8, 4) is 0 Å². The molecule has 0 N–H and O–H groups in total. The van der Waals surface area contributed by atoms with E-state index >= 15 is 0 Å². The summed E-state index contributed by atoms with van der Waals surface area (Å²) in [5, 5.41) is 4.07. The van der Waals surface area contributed by atoms with Gasteiger partial charge in [-0.15, -0.1) is 0 Å². The van der Waals surface area contributed by atoms with Crippen LogP contribution >= 0.6 is 0 Å². The molecule has 2 fully saturated rings. The smallest absolute Gasteiger partial charge is 0.226 e. The van der Waals surface area contributed by atoms with Crippen molar-refractivity contribution < 1.29 is 4.52 Å². The first-order valence-corrected chi connectivity index (χ1v) is 7.66. The Bertz CT molecular complexity index is 440. The first-order chi connectivity index (χ1) is 9.06. The van der Waals surface area contributed by atoms with Crippen LogP contribution in [0.2, 0.25) is 0 Å². The molecule has 2 aliphatic rings. The van der Waals surface area contributed by atoms with Gasteiger partial charge in [-0.1, -0.05) is 19.0 Å². The van der Waals surface area contributed by atoms with Gasteiger partial charge in [-0.2, -0.15) is 4.98 Å². The summed E-state index contributed by atoms with van der Waals surface area (Å²) in [6.45, 7) is 8.84. The Labute approximate surface area is 115 Å². The SMILES string of the molecule is CC(C)c1noc(CC2CC3CCC2N3C(C)C)n1. The molecule has 19 heavy (non-hydrogen) atoms. The van der Waals surface area contributed by atoms with Gasteiger partial charge >= 0.3 is 0 Å². The van der Waals surface area contributed by atoms with Crippen molar-refractivity contribution in [2.24, 2.45) is 5.92 Å². The highest BCUT2D eigenvalue weighted by Gasteiger charge is 2.47. The second kappa shape index (κ2) is 4.89. The molecule has 0 aromatic carbocycles. The molecular formula is C15H25N3O. The fourth-order valence-electron chi connectivity index (χ4n) is 3.99. The van der Waals surface area contributed by atoms with E-state index in [4.69, 9.17) is 4.52 Å². The molecule has 1 aromatic rings. The largest absolute Gasteiger partial charge is 0.339 e. The topological polar surface area (TPSA) is 42.2 Å². The number of hydrogen-bond donors (Lipinski definition) is 0. The molecule has 0 aliphatic carbocycles. The van der Waals surface area contributed by atoms with Gasteiger partial charge < -0.3 is 4.52 Å². The van der Waals surface area contributed by atoms with Crippen LogP contribution in [0.5, 0.6) is 0 Å². The third-order valence-electron chi connectivity index (χ3n) is 4.75. The summed E-state index contributed by atoms with van der Waals surface area (Å²) in [6.07, 6.45) is 4.99. The summed E-state index contributed by atoms with van der Waals surface area (Å²) in [7, 11) is 0. The van der Waals surface area contributed by atoms with Crippen molar-refractivity contribution in [3.63, 3.8) is 0 Å². The fourth-order valence-corrected chi connectivity index (χ4v) is 3.99. The maximum Gasteiger partial charge on any atom is 0.226 e. The quantitative estimate of drug-likeness (QED) is 0.837. The van der Waals surface area contributed by atoms with E-state index in [9.17, 15) is 0 Å². The molecule has 2 aliphatic heterocycles. The molecule has 0 radical (unpaired) electrons. The Hall–Kier alpha value is -0.900. The lowest BCUT2D eigenvalue weighted by molar-refractivity contribution is 0.185. The van der Waals surface area contributed by atoms with Crippen LogP contribution in [0, 0.1) is 5.92 Å². The van der Waals surface area contributed by atoms with Gasteiger partial charge in [0.15, 0.2) is 5.82 Å². The Morgan fingerprint density at radius 2 is 2.05 bits per heavy atom. The van der Waals surface area contributed by atoms with E-state index < -0.39 is 0 Å². The summed E-state index contributed by atoms with van der Waals surface area (Å²) in [6, 6.07) is 2.19. The lowest BCUT2D eigenvalue weighted by atomic mass is 9.87. The van der Waals surface area contributed by atoms with E-state index in [1.54, 1.807) is 0 Å². The lowest BCUT2D eigenvalue weighted by Gasteiger charge is -2.27. The molecule has 4 heteroatoms. The van der Waals surface area contributed by atoms with Crippen LogP contribution in [0.3, 0.4) is 0 Å². The monoisotopic (exact) mass is 263 g/mol. The predicted molar refractivity (Wildman–Crippen MR) is 74.0 cm³/mol. The van der Waals surface area contributed by atoms with Crippen LogP contribution in [-0.2, 0) is 6.42 Å². The minimum atomic E-state index is 0.352. The number of aromatic nitrogens is 2. The molecule has 0 saturated carbocycles. The molecule has 4 nitrogen and oxygen atoms in total. The summed E-state index contributed by atoms with van der Waals surface area (Å²) >= 11 is 0. The zero-order valence-electron chi connectivity index (χ0n) is 12.5. The van der Waals surface area contributed by atoms with Gasteiger partial charge in [-0.25, -0.2) is 0 Å². The van der Waals surface area contributed by atoms with Crippen molar-refractivity contribution in [1.29, 1.82) is 0 Å². The van der Waals surface area contributed by atoms with Crippen molar-refractivity contribution in [2.75, 3.05) is 0 Å². The van der Waals surface area contributed by atoms with Gasteiger partial charge in [-0.05, 0) is 39.0 Å². The van der Waals surface area contributed by atoms with Gasteiger partial charge in [0, 0.05) is 30.5 Å². The molecular weight excluding hydrogens is 238 g/mol. The van der Waals surface area contributed by atoms with Crippen molar-refractivity contribution >= 4 is 0 Å². The van der Waals surface area contributed by atoms with Crippen molar-refractivity contribution in [3.05, 3.63) is 11.7 Å². The molecule has 3 heterocycles. The molecule has 0 amide bonds. The predicted octanol–water partition coefficient (Wildman–Crippen LogP) is 3.00. The molecule has 2 saturated heterocycles. The number of hydrogen-bond acceptors (Lipinski definition) is 4. The van der Waals surface area contributed by atoms with Crippen LogP contribution < -0.4 is 0 Å². The highest BCUT2D eigenvalue weighted by Crippen LogP contribution is 2.44. The molecule has 106 valence electrons. The summed E-state index contributed by atoms with van der Waals surface area (Å²) in [4.78, 5) is 7.24. The molecule has 3 rings (SSSR count). The normalized spacial score (nSPS) is 30.9. The minimum absolute atomic E-state index is 0.352. The zero-order chi connectivity index (χ0) is 13.6. The van der Waals surface area contributed by atoms with Crippen LogP contribution in [0.25, 0.3) is 0 Å². The Morgan fingerprint density at radius 1 is 1.26 bits per heavy atom. The molecule has 0 spiro atoms. The number of nitrogens with zero attached hydrogens (tertiary/aromatic N) is 3.